The predicted octanol–water partition coefficient (Wildman–Crippen LogP) is 4.19. The zero-order valence-corrected chi connectivity index (χ0v) is 17.8. The lowest BCUT2D eigenvalue weighted by Crippen LogP contribution is -2.36. The monoisotopic (exact) mass is 484 g/mol. The summed E-state index contributed by atoms with van der Waals surface area (Å²) in [5, 5.41) is 11.4. The zero-order valence-electron chi connectivity index (χ0n) is 16.2. The number of nitrogens with zero attached hydrogens (tertiary/aromatic N) is 2. The van der Waals surface area contributed by atoms with Crippen molar-refractivity contribution in [2.45, 2.75) is 25.0 Å². The summed E-state index contributed by atoms with van der Waals surface area (Å²) in [5.74, 6) is -0.364. The molecule has 158 valence electrons. The highest BCUT2D eigenvalue weighted by molar-refractivity contribution is 9.10. The molecule has 1 amide bonds. The standard InChI is InChI=1S/C22H17BrN2O6/c23-13-5-8-17-16(10-13)20(26)18-19(12-3-6-14(7-4-12)25(28)29)24(22(27)21(18)31-17)11-15-2-1-9-30-15/h3-8,10,15,19H,1-2,9,11H2. The number of fused-ring (bicyclic) bond motifs is 2. The van der Waals surface area contributed by atoms with Crippen LogP contribution in [0, 0.1) is 10.1 Å². The Labute approximate surface area is 184 Å². The fourth-order valence-electron chi connectivity index (χ4n) is 4.31. The maximum Gasteiger partial charge on any atom is 0.291 e. The Morgan fingerprint density at radius 3 is 2.61 bits per heavy atom. The molecule has 3 heterocycles. The maximum absolute atomic E-state index is 13.5. The number of non-ortho nitro benzene ring substituents is 1. The third kappa shape index (κ3) is 3.34. The first kappa shape index (κ1) is 19.9. The van der Waals surface area contributed by atoms with Crippen LogP contribution in [0.25, 0.3) is 11.0 Å². The number of ether oxygens (including phenoxy) is 1. The molecule has 1 saturated heterocycles. The molecule has 2 aromatic carbocycles. The molecule has 2 atom stereocenters. The van der Waals surface area contributed by atoms with Crippen molar-refractivity contribution < 1.29 is 18.9 Å². The van der Waals surface area contributed by atoms with Crippen LogP contribution in [0.5, 0.6) is 0 Å². The Morgan fingerprint density at radius 1 is 1.16 bits per heavy atom. The second-order valence-corrected chi connectivity index (χ2v) is 8.57. The van der Waals surface area contributed by atoms with E-state index in [-0.39, 0.29) is 34.5 Å². The molecule has 31 heavy (non-hydrogen) atoms. The third-order valence-electron chi connectivity index (χ3n) is 5.77. The highest BCUT2D eigenvalue weighted by atomic mass is 79.9. The number of carbonyl (C=O) groups is 1. The van der Waals surface area contributed by atoms with Gasteiger partial charge in [0, 0.05) is 29.8 Å². The van der Waals surface area contributed by atoms with Crippen molar-refractivity contribution in [2.24, 2.45) is 0 Å². The summed E-state index contributed by atoms with van der Waals surface area (Å²) in [4.78, 5) is 39.0. The summed E-state index contributed by atoms with van der Waals surface area (Å²) in [5.41, 5.74) is 0.846. The molecule has 2 aliphatic rings. The molecule has 0 N–H and O–H groups in total. The van der Waals surface area contributed by atoms with E-state index in [9.17, 15) is 19.7 Å². The minimum atomic E-state index is -0.702. The van der Waals surface area contributed by atoms with Gasteiger partial charge >= 0.3 is 0 Å². The van der Waals surface area contributed by atoms with Crippen molar-refractivity contribution in [2.75, 3.05) is 13.2 Å². The van der Waals surface area contributed by atoms with Gasteiger partial charge in [0.25, 0.3) is 11.6 Å². The van der Waals surface area contributed by atoms with E-state index in [1.165, 1.54) is 12.1 Å². The molecule has 2 unspecified atom stereocenters. The van der Waals surface area contributed by atoms with E-state index in [4.69, 9.17) is 9.15 Å². The van der Waals surface area contributed by atoms with Crippen LogP contribution >= 0.6 is 15.9 Å². The number of benzene rings is 2. The number of rotatable bonds is 4. The highest BCUT2D eigenvalue weighted by Crippen LogP contribution is 2.39. The molecule has 8 nitrogen and oxygen atoms in total. The second-order valence-electron chi connectivity index (χ2n) is 7.66. The van der Waals surface area contributed by atoms with Gasteiger partial charge in [-0.3, -0.25) is 19.7 Å². The van der Waals surface area contributed by atoms with Crippen molar-refractivity contribution >= 4 is 38.5 Å². The fourth-order valence-corrected chi connectivity index (χ4v) is 4.67. The van der Waals surface area contributed by atoms with E-state index in [1.807, 2.05) is 0 Å². The van der Waals surface area contributed by atoms with Crippen LogP contribution in [0.4, 0.5) is 5.69 Å². The Bertz CT molecular complexity index is 1260. The number of nitro benzene ring substituents is 1. The van der Waals surface area contributed by atoms with Crippen molar-refractivity contribution in [3.8, 4) is 0 Å². The second kappa shape index (κ2) is 7.58. The van der Waals surface area contributed by atoms with E-state index < -0.39 is 11.0 Å². The average Bonchev–Trinajstić information content (AvgIpc) is 3.36. The lowest BCUT2D eigenvalue weighted by molar-refractivity contribution is -0.384. The topological polar surface area (TPSA) is 103 Å². The fraction of sp³-hybridized carbons (Fsp3) is 0.273. The molecule has 0 aliphatic carbocycles. The van der Waals surface area contributed by atoms with Gasteiger partial charge in [0.05, 0.1) is 28.0 Å². The van der Waals surface area contributed by atoms with Crippen LogP contribution in [-0.4, -0.2) is 35.0 Å². The van der Waals surface area contributed by atoms with Gasteiger partial charge in [0.2, 0.25) is 5.76 Å². The Balaban J connectivity index is 1.69. The number of hydrogen-bond acceptors (Lipinski definition) is 6. The van der Waals surface area contributed by atoms with E-state index in [1.54, 1.807) is 35.2 Å². The Kier molecular flexibility index (Phi) is 4.86. The average molecular weight is 485 g/mol. The van der Waals surface area contributed by atoms with Crippen molar-refractivity contribution in [3.05, 3.63) is 84.2 Å². The van der Waals surface area contributed by atoms with E-state index in [0.717, 1.165) is 17.3 Å². The SMILES string of the molecule is O=C1c2oc3ccc(Br)cc3c(=O)c2C(c2ccc([N+](=O)[O-])cc2)N1CC1CCCO1. The molecule has 9 heteroatoms. The van der Waals surface area contributed by atoms with Gasteiger partial charge < -0.3 is 14.1 Å². The molecule has 1 aromatic heterocycles. The van der Waals surface area contributed by atoms with Crippen LogP contribution in [0.2, 0.25) is 0 Å². The molecule has 3 aromatic rings. The van der Waals surface area contributed by atoms with Crippen molar-refractivity contribution in [3.63, 3.8) is 0 Å². The predicted molar refractivity (Wildman–Crippen MR) is 115 cm³/mol. The summed E-state index contributed by atoms with van der Waals surface area (Å²) in [6.45, 7) is 0.946. The molecule has 0 saturated carbocycles. The first-order chi connectivity index (χ1) is 14.9. The molecule has 0 bridgehead atoms. The van der Waals surface area contributed by atoms with Crippen molar-refractivity contribution in [1.29, 1.82) is 0 Å². The first-order valence-electron chi connectivity index (χ1n) is 9.87. The number of carbonyl (C=O) groups excluding carboxylic acids is 1. The molecule has 5 rings (SSSR count). The molecule has 0 spiro atoms. The van der Waals surface area contributed by atoms with Crippen LogP contribution < -0.4 is 5.43 Å². The van der Waals surface area contributed by atoms with Crippen LogP contribution in [0.1, 0.15) is 40.6 Å². The maximum atomic E-state index is 13.5. The van der Waals surface area contributed by atoms with E-state index in [0.29, 0.717) is 29.7 Å². The minimum absolute atomic E-state index is 0.0150. The van der Waals surface area contributed by atoms with Gasteiger partial charge in [0.15, 0.2) is 5.43 Å². The van der Waals surface area contributed by atoms with Crippen LogP contribution in [0.3, 0.4) is 0 Å². The molecular weight excluding hydrogens is 468 g/mol. The van der Waals surface area contributed by atoms with Gasteiger partial charge in [-0.1, -0.05) is 15.9 Å². The summed E-state index contributed by atoms with van der Waals surface area (Å²) in [6.07, 6.45) is 1.61. The highest BCUT2D eigenvalue weighted by Gasteiger charge is 2.44. The summed E-state index contributed by atoms with van der Waals surface area (Å²) in [7, 11) is 0. The number of amides is 1. The van der Waals surface area contributed by atoms with Gasteiger partial charge in [-0.2, -0.15) is 0 Å². The molecule has 2 aliphatic heterocycles. The number of nitro groups is 1. The molecule has 0 radical (unpaired) electrons. The largest absolute Gasteiger partial charge is 0.450 e. The Morgan fingerprint density at radius 2 is 1.94 bits per heavy atom. The van der Waals surface area contributed by atoms with E-state index in [2.05, 4.69) is 15.9 Å². The third-order valence-corrected chi connectivity index (χ3v) is 6.26. The van der Waals surface area contributed by atoms with Crippen LogP contribution in [-0.2, 0) is 4.74 Å². The normalized spacial score (nSPS) is 20.4. The zero-order chi connectivity index (χ0) is 21.7. The summed E-state index contributed by atoms with van der Waals surface area (Å²) in [6, 6.07) is 10.3. The van der Waals surface area contributed by atoms with Crippen molar-refractivity contribution in [1.82, 2.24) is 4.90 Å². The lowest BCUT2D eigenvalue weighted by atomic mass is 9.98. The van der Waals surface area contributed by atoms with Gasteiger partial charge in [-0.05, 0) is 48.7 Å². The summed E-state index contributed by atoms with van der Waals surface area (Å²) >= 11 is 3.37. The number of halogens is 1. The summed E-state index contributed by atoms with van der Waals surface area (Å²) < 4.78 is 12.3. The Hall–Kier alpha value is -3.04. The van der Waals surface area contributed by atoms with Gasteiger partial charge in [-0.25, -0.2) is 0 Å². The lowest BCUT2D eigenvalue weighted by Gasteiger charge is -2.27. The smallest absolute Gasteiger partial charge is 0.291 e. The molecular formula is C22H17BrN2O6. The minimum Gasteiger partial charge on any atom is -0.450 e. The number of hydrogen-bond donors (Lipinski definition) is 0. The van der Waals surface area contributed by atoms with E-state index >= 15 is 0 Å². The van der Waals surface area contributed by atoms with Gasteiger partial charge in [-0.15, -0.1) is 0 Å². The van der Waals surface area contributed by atoms with Gasteiger partial charge in [0.1, 0.15) is 5.58 Å². The molecule has 1 fully saturated rings. The van der Waals surface area contributed by atoms with Crippen LogP contribution in [0.15, 0.2) is 56.1 Å². The quantitative estimate of drug-likeness (QED) is 0.406. The first-order valence-corrected chi connectivity index (χ1v) is 10.7.